The molecule has 1 aromatic heterocycles. The Balaban J connectivity index is 0.00000294. The molecule has 5 N–H and O–H groups in total. The molecule has 6 rings (SSSR count). The first-order valence-electron chi connectivity index (χ1n) is 11.8. The van der Waals surface area contributed by atoms with Crippen LogP contribution in [0, 0.1) is 0 Å². The summed E-state index contributed by atoms with van der Waals surface area (Å²) in [5.41, 5.74) is 4.39. The van der Waals surface area contributed by atoms with Crippen LogP contribution in [0.4, 0.5) is 10.5 Å². The van der Waals surface area contributed by atoms with Crippen molar-refractivity contribution < 1.29 is 46.5 Å². The van der Waals surface area contributed by atoms with Crippen LogP contribution in [0.2, 0.25) is 0 Å². The number of allylic oxidation sites excluding steroid dienone is 1. The lowest BCUT2D eigenvalue weighted by Crippen LogP contribution is -3.00. The van der Waals surface area contributed by atoms with Gasteiger partial charge in [0.1, 0.15) is 18.3 Å². The average molecular weight is 544 g/mol. The van der Waals surface area contributed by atoms with Gasteiger partial charge < -0.3 is 38.1 Å². The second-order valence-corrected chi connectivity index (χ2v) is 10.4. The zero-order valence-corrected chi connectivity index (χ0v) is 21.8. The number of carbonyl (C=O) groups excluding carboxylic acids is 4. The summed E-state index contributed by atoms with van der Waals surface area (Å²) in [6.45, 7) is 0.457. The van der Waals surface area contributed by atoms with Gasteiger partial charge in [0.15, 0.2) is 17.3 Å². The number of hydrogen-bond acceptors (Lipinski definition) is 8. The highest BCUT2D eigenvalue weighted by molar-refractivity contribution is 6.43. The number of carbonyl (C=O) groups is 4. The third-order valence-electron chi connectivity index (χ3n) is 7.91. The summed E-state index contributed by atoms with van der Waals surface area (Å²) in [6, 6.07) is 0.671. The molecule has 0 unspecified atom stereocenters. The van der Waals surface area contributed by atoms with Gasteiger partial charge in [-0.1, -0.05) is 0 Å². The highest BCUT2D eigenvalue weighted by Gasteiger charge is 2.66. The number of nitrogens with two attached hydrogens (primary N) is 1. The predicted molar refractivity (Wildman–Crippen MR) is 130 cm³/mol. The van der Waals surface area contributed by atoms with Gasteiger partial charge in [-0.3, -0.25) is 28.7 Å². The first-order chi connectivity index (χ1) is 17.4. The molecule has 13 heteroatoms. The second-order valence-electron chi connectivity index (χ2n) is 10.4. The lowest BCUT2D eigenvalue weighted by molar-refractivity contribution is -0.142. The van der Waals surface area contributed by atoms with Crippen LogP contribution in [0.25, 0.3) is 5.57 Å². The Morgan fingerprint density at radius 2 is 1.87 bits per heavy atom. The van der Waals surface area contributed by atoms with E-state index in [0.29, 0.717) is 23.2 Å². The number of ether oxygens (including phenoxy) is 1. The Hall–Kier alpha value is -3.71. The summed E-state index contributed by atoms with van der Waals surface area (Å²) in [6.07, 6.45) is 0.772. The Labute approximate surface area is 223 Å². The number of urea groups is 1. The van der Waals surface area contributed by atoms with Crippen LogP contribution >= 0.6 is 0 Å². The number of ketones is 2. The largest absolute Gasteiger partial charge is 1.00 e. The van der Waals surface area contributed by atoms with Gasteiger partial charge in [0.05, 0.1) is 36.5 Å². The molecule has 1 aromatic carbocycles. The highest BCUT2D eigenvalue weighted by atomic mass is 35.5. The number of H-pyrrole nitrogens is 1. The van der Waals surface area contributed by atoms with E-state index in [-0.39, 0.29) is 69.4 Å². The van der Waals surface area contributed by atoms with E-state index in [9.17, 15) is 29.4 Å². The fraction of sp³-hybridized carbons (Fsp3) is 0.360. The van der Waals surface area contributed by atoms with Crippen molar-refractivity contribution in [1.29, 1.82) is 0 Å². The zero-order valence-electron chi connectivity index (χ0n) is 21.1. The number of Topliss-reactive ketones (excluding diaryl/α,β-unsaturated/α-hetero) is 2. The van der Waals surface area contributed by atoms with E-state index in [1.54, 1.807) is 0 Å². The number of halogens is 1. The summed E-state index contributed by atoms with van der Waals surface area (Å²) in [5.74, 6) is -2.79. The van der Waals surface area contributed by atoms with Gasteiger partial charge in [-0.15, -0.1) is 0 Å². The molecule has 200 valence electrons. The molecule has 2 aromatic rings. The van der Waals surface area contributed by atoms with Crippen LogP contribution < -0.4 is 27.4 Å². The molecule has 0 radical (unpaired) electrons. The van der Waals surface area contributed by atoms with Crippen molar-refractivity contribution >= 4 is 34.8 Å². The van der Waals surface area contributed by atoms with Crippen LogP contribution in [0.15, 0.2) is 17.8 Å². The van der Waals surface area contributed by atoms with Crippen LogP contribution in [0.3, 0.4) is 0 Å². The maximum Gasteiger partial charge on any atom is 0.330 e. The number of fused-ring (bicyclic) bond motifs is 6. The number of aliphatic hydroxyl groups excluding tert-OH is 1. The summed E-state index contributed by atoms with van der Waals surface area (Å²) >= 11 is 0. The first kappa shape index (κ1) is 25.9. The second kappa shape index (κ2) is 7.90. The van der Waals surface area contributed by atoms with Gasteiger partial charge in [0, 0.05) is 37.5 Å². The fourth-order valence-electron chi connectivity index (χ4n) is 6.16. The molecule has 1 aliphatic carbocycles. The summed E-state index contributed by atoms with van der Waals surface area (Å²) in [7, 11) is 6.21. The molecule has 3 amide bonds. The number of quaternary nitrogens is 1. The molecule has 0 bridgehead atoms. The van der Waals surface area contributed by atoms with E-state index < -0.39 is 35.3 Å². The normalized spacial score (nSPS) is 24.8. The topological polar surface area (TPSA) is 166 Å². The molecule has 1 spiro atoms. The molecule has 12 nitrogen and oxygen atoms in total. The molecular formula is C25H26ClN5O7. The number of rotatable bonds is 2. The van der Waals surface area contributed by atoms with E-state index in [0.717, 1.165) is 9.80 Å². The first-order valence-corrected chi connectivity index (χ1v) is 11.8. The molecule has 2 atom stereocenters. The maximum absolute atomic E-state index is 14.2. The lowest BCUT2D eigenvalue weighted by Gasteiger charge is -2.41. The van der Waals surface area contributed by atoms with Gasteiger partial charge in [0.2, 0.25) is 5.78 Å². The molecule has 0 saturated carbocycles. The van der Waals surface area contributed by atoms with E-state index >= 15 is 0 Å². The van der Waals surface area contributed by atoms with Crippen LogP contribution in [-0.4, -0.2) is 95.5 Å². The number of benzene rings is 1. The zero-order chi connectivity index (χ0) is 26.8. The van der Waals surface area contributed by atoms with Crippen molar-refractivity contribution in [1.82, 2.24) is 19.3 Å². The van der Waals surface area contributed by atoms with Crippen LogP contribution in [-0.2, 0) is 11.2 Å². The van der Waals surface area contributed by atoms with Gasteiger partial charge >= 0.3 is 11.9 Å². The number of aromatic amines is 1. The summed E-state index contributed by atoms with van der Waals surface area (Å²) in [5, 5.41) is 22.2. The number of hydrogen-bond donors (Lipinski definition) is 4. The maximum atomic E-state index is 14.2. The highest BCUT2D eigenvalue weighted by Crippen LogP contribution is 2.58. The molecule has 1 fully saturated rings. The number of nitrogens with one attached hydrogen (secondary N) is 1. The van der Waals surface area contributed by atoms with Crippen LogP contribution in [0.1, 0.15) is 43.6 Å². The lowest BCUT2D eigenvalue weighted by atomic mass is 9.74. The van der Waals surface area contributed by atoms with E-state index in [4.69, 9.17) is 10.5 Å². The Morgan fingerprint density at radius 3 is 2.47 bits per heavy atom. The number of amides is 3. The number of phenolic OH excluding ortho intramolecular Hbond substituents is 1. The molecule has 1 saturated heterocycles. The van der Waals surface area contributed by atoms with E-state index in [1.165, 1.54) is 26.4 Å². The monoisotopic (exact) mass is 543 g/mol. The number of aromatic nitrogens is 1. The summed E-state index contributed by atoms with van der Waals surface area (Å²) < 4.78 is 6.37. The van der Waals surface area contributed by atoms with Crippen molar-refractivity contribution in [3.05, 3.63) is 45.8 Å². The number of imide groups is 1. The third-order valence-corrected chi connectivity index (χ3v) is 7.91. The smallest absolute Gasteiger partial charge is 0.330 e. The van der Waals surface area contributed by atoms with Crippen LogP contribution in [0.5, 0.6) is 11.5 Å². The SMILES string of the molecule is CN1C(=O)N(C)[C@]2(Oc3c(O)cc4c(c3C3=C2C(=O)c2c(CCN)c[nH]c2C3=O)[C@H](O)C[N+]4(C)C)C1=O.[Cl-]. The quantitative estimate of drug-likeness (QED) is 0.234. The van der Waals surface area contributed by atoms with Gasteiger partial charge in [-0.05, 0) is 18.5 Å². The van der Waals surface area contributed by atoms with Gasteiger partial charge in [-0.25, -0.2) is 4.79 Å². The average Bonchev–Trinajstić information content (AvgIpc) is 3.41. The number of aliphatic hydroxyl groups is 1. The van der Waals surface area contributed by atoms with E-state index in [1.807, 2.05) is 14.1 Å². The Bertz CT molecular complexity index is 1530. The van der Waals surface area contributed by atoms with Gasteiger partial charge in [0.25, 0.3) is 5.72 Å². The van der Waals surface area contributed by atoms with E-state index in [2.05, 4.69) is 4.98 Å². The number of aromatic hydroxyl groups is 1. The van der Waals surface area contributed by atoms with Gasteiger partial charge in [-0.2, -0.15) is 0 Å². The number of phenols is 1. The minimum absolute atomic E-state index is 0. The molecule has 4 heterocycles. The number of nitrogens with zero attached hydrogens (tertiary/aromatic N) is 3. The standard InChI is InChI=1S/C25H25N5O7.ClH/c1-28-23(35)25(29(2)24(28)36)18-17(21(34)19-14(20(18)33)10(5-6-26)8-27-19)16-15-11(7-12(31)22(16)37-25)30(3,4)9-13(15)32;/h7-8,13,32H,5-6,9,26H2,1-4H3,(H-,27,31,33,34);1H/t13-,25-;/m1./s1. The van der Waals surface area contributed by atoms with Crippen molar-refractivity contribution in [2.24, 2.45) is 5.73 Å². The van der Waals surface area contributed by atoms with Crippen molar-refractivity contribution in [3.8, 4) is 11.5 Å². The minimum Gasteiger partial charge on any atom is -1.00 e. The molecule has 38 heavy (non-hydrogen) atoms. The predicted octanol–water partition coefficient (Wildman–Crippen LogP) is -2.72. The number of likely N-dealkylation sites (N-methyl/N-ethyl adjacent to an activating group) is 3. The van der Waals surface area contributed by atoms with Crippen molar-refractivity contribution in [2.75, 3.05) is 41.3 Å². The van der Waals surface area contributed by atoms with Crippen molar-refractivity contribution in [3.63, 3.8) is 0 Å². The Kier molecular flexibility index (Phi) is 5.39. The fourth-order valence-corrected chi connectivity index (χ4v) is 6.16. The Morgan fingerprint density at radius 1 is 1.18 bits per heavy atom. The molecule has 4 aliphatic rings. The molecular weight excluding hydrogens is 518 g/mol. The van der Waals surface area contributed by atoms with Crippen molar-refractivity contribution in [2.45, 2.75) is 18.2 Å². The summed E-state index contributed by atoms with van der Waals surface area (Å²) in [4.78, 5) is 59.6. The third kappa shape index (κ3) is 2.80. The molecule has 3 aliphatic heterocycles. The minimum atomic E-state index is -2.32.